The van der Waals surface area contributed by atoms with E-state index in [0.717, 1.165) is 18.4 Å². The van der Waals surface area contributed by atoms with Crippen LogP contribution in [0.2, 0.25) is 10.0 Å². The number of aliphatic carboxylic acids is 1. The van der Waals surface area contributed by atoms with Gasteiger partial charge in [-0.2, -0.15) is 0 Å². The van der Waals surface area contributed by atoms with Crippen LogP contribution in [0.3, 0.4) is 0 Å². The predicted octanol–water partition coefficient (Wildman–Crippen LogP) is 5.56. The van der Waals surface area contributed by atoms with Gasteiger partial charge in [-0.1, -0.05) is 23.2 Å². The summed E-state index contributed by atoms with van der Waals surface area (Å²) in [7, 11) is 0. The summed E-state index contributed by atoms with van der Waals surface area (Å²) >= 11 is 12.2. The van der Waals surface area contributed by atoms with E-state index < -0.39 is 30.2 Å². The number of amides is 1. The van der Waals surface area contributed by atoms with Gasteiger partial charge in [0.05, 0.1) is 5.02 Å². The summed E-state index contributed by atoms with van der Waals surface area (Å²) in [5.41, 5.74) is 1.80. The lowest BCUT2D eigenvalue weighted by Crippen LogP contribution is -2.17. The number of anilines is 1. The molecule has 3 rings (SSSR count). The maximum atomic E-state index is 13.8. The summed E-state index contributed by atoms with van der Waals surface area (Å²) in [5.74, 6) is -1.56. The van der Waals surface area contributed by atoms with E-state index in [0.29, 0.717) is 22.0 Å². The average Bonchev–Trinajstić information content (AvgIpc) is 3.44. The molecule has 0 saturated heterocycles. The molecule has 2 N–H and O–H groups in total. The summed E-state index contributed by atoms with van der Waals surface area (Å²) in [6.07, 6.45) is 0.746. The summed E-state index contributed by atoms with van der Waals surface area (Å²) in [5, 5.41) is 11.6. The van der Waals surface area contributed by atoms with Crippen molar-refractivity contribution in [3.05, 3.63) is 57.3 Å². The maximum absolute atomic E-state index is 13.8. The van der Waals surface area contributed by atoms with E-state index in [2.05, 4.69) is 5.32 Å². The molecule has 1 aliphatic carbocycles. The van der Waals surface area contributed by atoms with Gasteiger partial charge in [-0.3, -0.25) is 9.59 Å². The van der Waals surface area contributed by atoms with Crippen molar-refractivity contribution in [2.75, 3.05) is 5.32 Å². The Bertz CT molecular complexity index is 931. The van der Waals surface area contributed by atoms with Crippen molar-refractivity contribution in [2.45, 2.75) is 38.2 Å². The molecule has 148 valence electrons. The van der Waals surface area contributed by atoms with Crippen LogP contribution < -0.4 is 10.1 Å². The molecular formula is C20H18Cl2FNO4. The van der Waals surface area contributed by atoms with Crippen LogP contribution in [0, 0.1) is 5.82 Å². The minimum atomic E-state index is -1.19. The molecule has 0 aliphatic heterocycles. The van der Waals surface area contributed by atoms with Crippen molar-refractivity contribution in [1.82, 2.24) is 0 Å². The van der Waals surface area contributed by atoms with E-state index in [4.69, 9.17) is 33.0 Å². The molecule has 1 aliphatic rings. The lowest BCUT2D eigenvalue weighted by atomic mass is 10.1. The van der Waals surface area contributed by atoms with E-state index in [9.17, 15) is 14.0 Å². The number of carbonyl (C=O) groups is 2. The van der Waals surface area contributed by atoms with Gasteiger partial charge in [0.1, 0.15) is 24.1 Å². The van der Waals surface area contributed by atoms with E-state index in [-0.39, 0.29) is 10.9 Å². The Morgan fingerprint density at radius 3 is 2.64 bits per heavy atom. The molecule has 5 nitrogen and oxygen atoms in total. The number of halogens is 3. The number of nitrogens with one attached hydrogen (secondary N) is 1. The number of benzene rings is 2. The minimum Gasteiger partial charge on any atom is -0.486 e. The molecule has 0 bridgehead atoms. The third kappa shape index (κ3) is 4.75. The fourth-order valence-electron chi connectivity index (χ4n) is 2.97. The summed E-state index contributed by atoms with van der Waals surface area (Å²) < 4.78 is 19.7. The summed E-state index contributed by atoms with van der Waals surface area (Å²) in [6.45, 7) is 1.71. The molecule has 0 radical (unpaired) electrons. The molecule has 0 heterocycles. The predicted molar refractivity (Wildman–Crippen MR) is 105 cm³/mol. The van der Waals surface area contributed by atoms with E-state index >= 15 is 0 Å². The number of carbonyl (C=O) groups excluding carboxylic acids is 1. The number of ether oxygens (including phenoxy) is 1. The Morgan fingerprint density at radius 2 is 2.00 bits per heavy atom. The SMILES string of the molecule is C[C@H](Oc1ccc(NC(=O)CC(=O)O)c(C2CC2)c1)c1c(Cl)ccc(F)c1Cl. The molecule has 28 heavy (non-hydrogen) atoms. The third-order valence-electron chi connectivity index (χ3n) is 4.42. The lowest BCUT2D eigenvalue weighted by Gasteiger charge is -2.19. The molecule has 1 amide bonds. The first-order valence-corrected chi connectivity index (χ1v) is 9.47. The Balaban J connectivity index is 1.82. The molecule has 2 aromatic rings. The smallest absolute Gasteiger partial charge is 0.312 e. The van der Waals surface area contributed by atoms with Crippen LogP contribution in [0.1, 0.15) is 49.3 Å². The molecule has 0 spiro atoms. The first-order chi connectivity index (χ1) is 13.3. The van der Waals surface area contributed by atoms with Gasteiger partial charge in [-0.15, -0.1) is 0 Å². The van der Waals surface area contributed by atoms with Crippen LogP contribution in [0.15, 0.2) is 30.3 Å². The Kier molecular flexibility index (Phi) is 6.10. The maximum Gasteiger partial charge on any atom is 0.312 e. The van der Waals surface area contributed by atoms with Gasteiger partial charge < -0.3 is 15.2 Å². The standard InChI is InChI=1S/C20H18Cl2FNO4/c1-10(19-14(21)5-6-15(23)20(19)22)28-12-4-7-16(13(8-12)11-2-3-11)24-17(25)9-18(26)27/h4-8,10-11H,2-3,9H2,1H3,(H,24,25)(H,26,27)/t10-/m0/s1. The molecule has 2 aromatic carbocycles. The third-order valence-corrected chi connectivity index (χ3v) is 5.14. The first-order valence-electron chi connectivity index (χ1n) is 8.72. The van der Waals surface area contributed by atoms with Crippen LogP contribution in [-0.2, 0) is 9.59 Å². The second-order valence-electron chi connectivity index (χ2n) is 6.66. The second-order valence-corrected chi connectivity index (χ2v) is 7.44. The van der Waals surface area contributed by atoms with Gasteiger partial charge in [0.2, 0.25) is 5.91 Å². The van der Waals surface area contributed by atoms with Crippen LogP contribution >= 0.6 is 23.2 Å². The van der Waals surface area contributed by atoms with Crippen molar-refractivity contribution in [2.24, 2.45) is 0 Å². The lowest BCUT2D eigenvalue weighted by molar-refractivity contribution is -0.139. The van der Waals surface area contributed by atoms with Gasteiger partial charge in [0.15, 0.2) is 0 Å². The van der Waals surface area contributed by atoms with Crippen LogP contribution in [0.5, 0.6) is 5.75 Å². The molecular weight excluding hydrogens is 408 g/mol. The van der Waals surface area contributed by atoms with Crippen molar-refractivity contribution in [3.8, 4) is 5.75 Å². The van der Waals surface area contributed by atoms with Crippen LogP contribution in [-0.4, -0.2) is 17.0 Å². The zero-order chi connectivity index (χ0) is 20.4. The number of hydrogen-bond acceptors (Lipinski definition) is 3. The van der Waals surface area contributed by atoms with Crippen molar-refractivity contribution in [1.29, 1.82) is 0 Å². The Labute approximate surface area is 171 Å². The number of hydrogen-bond donors (Lipinski definition) is 2. The molecule has 1 saturated carbocycles. The van der Waals surface area contributed by atoms with Gasteiger partial charge in [-0.25, -0.2) is 4.39 Å². The topological polar surface area (TPSA) is 75.6 Å². The summed E-state index contributed by atoms with van der Waals surface area (Å²) in [6, 6.07) is 7.74. The van der Waals surface area contributed by atoms with E-state index in [1.165, 1.54) is 12.1 Å². The largest absolute Gasteiger partial charge is 0.486 e. The molecule has 1 fully saturated rings. The van der Waals surface area contributed by atoms with Crippen LogP contribution in [0.25, 0.3) is 0 Å². The zero-order valence-electron chi connectivity index (χ0n) is 15.0. The van der Waals surface area contributed by atoms with Crippen LogP contribution in [0.4, 0.5) is 10.1 Å². The molecule has 8 heteroatoms. The number of rotatable bonds is 7. The van der Waals surface area contributed by atoms with Gasteiger partial charge >= 0.3 is 5.97 Å². The highest BCUT2D eigenvalue weighted by Gasteiger charge is 2.28. The highest BCUT2D eigenvalue weighted by molar-refractivity contribution is 6.36. The second kappa shape index (κ2) is 8.37. The monoisotopic (exact) mass is 425 g/mol. The van der Waals surface area contributed by atoms with Gasteiger partial charge in [0.25, 0.3) is 0 Å². The number of carboxylic acid groups (broad SMARTS) is 1. The quantitative estimate of drug-likeness (QED) is 0.449. The normalized spacial score (nSPS) is 14.4. The number of carboxylic acids is 1. The highest BCUT2D eigenvalue weighted by atomic mass is 35.5. The van der Waals surface area contributed by atoms with Gasteiger partial charge in [0, 0.05) is 16.3 Å². The highest BCUT2D eigenvalue weighted by Crippen LogP contribution is 2.45. The van der Waals surface area contributed by atoms with Gasteiger partial charge in [-0.05, 0) is 61.6 Å². The van der Waals surface area contributed by atoms with E-state index in [1.807, 2.05) is 0 Å². The minimum absolute atomic E-state index is 0.0834. The fraction of sp³-hybridized carbons (Fsp3) is 0.300. The zero-order valence-corrected chi connectivity index (χ0v) is 16.5. The average molecular weight is 426 g/mol. The van der Waals surface area contributed by atoms with Crippen molar-refractivity contribution >= 4 is 40.8 Å². The molecule has 0 aromatic heterocycles. The fourth-order valence-corrected chi connectivity index (χ4v) is 3.65. The molecule has 0 unspecified atom stereocenters. The Morgan fingerprint density at radius 1 is 1.29 bits per heavy atom. The Hall–Kier alpha value is -2.31. The van der Waals surface area contributed by atoms with E-state index in [1.54, 1.807) is 25.1 Å². The molecule has 1 atom stereocenters. The summed E-state index contributed by atoms with van der Waals surface area (Å²) in [4.78, 5) is 22.5. The van der Waals surface area contributed by atoms with Crippen molar-refractivity contribution < 1.29 is 23.8 Å². The van der Waals surface area contributed by atoms with Crippen molar-refractivity contribution in [3.63, 3.8) is 0 Å². The first kappa shape index (κ1) is 20.4.